The second-order valence-corrected chi connectivity index (χ2v) is 5.43. The van der Waals surface area contributed by atoms with Crippen LogP contribution in [0, 0.1) is 6.92 Å². The summed E-state index contributed by atoms with van der Waals surface area (Å²) in [6.07, 6.45) is 0. The summed E-state index contributed by atoms with van der Waals surface area (Å²) in [4.78, 5) is 23.5. The minimum atomic E-state index is -1.13. The van der Waals surface area contributed by atoms with Gasteiger partial charge in [0.05, 0.1) is 19.8 Å². The first kappa shape index (κ1) is 17.6. The van der Waals surface area contributed by atoms with Crippen molar-refractivity contribution < 1.29 is 24.2 Å². The van der Waals surface area contributed by atoms with Crippen LogP contribution in [0.5, 0.6) is 11.5 Å². The second-order valence-electron chi connectivity index (χ2n) is 4.99. The predicted octanol–water partition coefficient (Wildman–Crippen LogP) is 3.62. The molecule has 0 atom stereocenters. The van der Waals surface area contributed by atoms with Crippen molar-refractivity contribution >= 4 is 29.2 Å². The Kier molecular flexibility index (Phi) is 5.31. The molecule has 2 N–H and O–H groups in total. The van der Waals surface area contributed by atoms with Gasteiger partial charge < -0.3 is 19.9 Å². The van der Waals surface area contributed by atoms with E-state index in [0.29, 0.717) is 17.1 Å². The number of amides is 1. The van der Waals surface area contributed by atoms with E-state index in [4.69, 9.17) is 26.2 Å². The summed E-state index contributed by atoms with van der Waals surface area (Å²) in [5.74, 6) is -0.550. The molecule has 0 spiro atoms. The van der Waals surface area contributed by atoms with Crippen molar-refractivity contribution in [3.63, 3.8) is 0 Å². The number of hydrogen-bond acceptors (Lipinski definition) is 4. The van der Waals surface area contributed by atoms with Crippen LogP contribution in [0.15, 0.2) is 30.3 Å². The first-order valence-corrected chi connectivity index (χ1v) is 7.31. The minimum Gasteiger partial charge on any atom is -0.496 e. The van der Waals surface area contributed by atoms with Crippen LogP contribution in [-0.2, 0) is 0 Å². The van der Waals surface area contributed by atoms with Gasteiger partial charge in [-0.1, -0.05) is 11.6 Å². The number of anilines is 1. The van der Waals surface area contributed by atoms with E-state index in [0.717, 1.165) is 5.56 Å². The zero-order chi connectivity index (χ0) is 17.9. The second kappa shape index (κ2) is 7.23. The van der Waals surface area contributed by atoms with E-state index in [-0.39, 0.29) is 16.3 Å². The number of rotatable bonds is 5. The molecule has 0 unspecified atom stereocenters. The van der Waals surface area contributed by atoms with Crippen molar-refractivity contribution in [1.82, 2.24) is 0 Å². The van der Waals surface area contributed by atoms with Crippen molar-refractivity contribution in [2.45, 2.75) is 6.92 Å². The third kappa shape index (κ3) is 3.78. The molecule has 0 heterocycles. The number of methoxy groups -OCH3 is 2. The van der Waals surface area contributed by atoms with Gasteiger partial charge in [-0.05, 0) is 37.3 Å². The van der Waals surface area contributed by atoms with Gasteiger partial charge in [-0.15, -0.1) is 0 Å². The van der Waals surface area contributed by atoms with Crippen LogP contribution in [0.1, 0.15) is 26.3 Å². The number of carboxylic acid groups (broad SMARTS) is 1. The van der Waals surface area contributed by atoms with Crippen LogP contribution < -0.4 is 14.8 Å². The maximum atomic E-state index is 12.4. The summed E-state index contributed by atoms with van der Waals surface area (Å²) in [6.45, 7) is 1.81. The molecule has 0 bridgehead atoms. The lowest BCUT2D eigenvalue weighted by Crippen LogP contribution is -2.13. The highest BCUT2D eigenvalue weighted by atomic mass is 35.5. The smallest absolute Gasteiger partial charge is 0.335 e. The Morgan fingerprint density at radius 2 is 1.58 bits per heavy atom. The normalized spacial score (nSPS) is 10.2. The summed E-state index contributed by atoms with van der Waals surface area (Å²) >= 11 is 5.89. The van der Waals surface area contributed by atoms with Crippen molar-refractivity contribution in [3.8, 4) is 11.5 Å². The molecular weight excluding hydrogens is 334 g/mol. The Labute approximate surface area is 144 Å². The molecule has 24 heavy (non-hydrogen) atoms. The number of ether oxygens (including phenoxy) is 2. The maximum absolute atomic E-state index is 12.4. The van der Waals surface area contributed by atoms with Gasteiger partial charge in [-0.2, -0.15) is 0 Å². The zero-order valence-corrected chi connectivity index (χ0v) is 14.1. The Balaban J connectivity index is 2.35. The van der Waals surface area contributed by atoms with Crippen LogP contribution in [0.25, 0.3) is 0 Å². The lowest BCUT2D eigenvalue weighted by molar-refractivity contribution is 0.0696. The third-order valence-corrected chi connectivity index (χ3v) is 3.64. The summed E-state index contributed by atoms with van der Waals surface area (Å²) in [5.41, 5.74) is 1.35. The molecule has 0 saturated heterocycles. The quantitative estimate of drug-likeness (QED) is 0.861. The van der Waals surface area contributed by atoms with Gasteiger partial charge in [0.15, 0.2) is 0 Å². The molecule has 1 amide bonds. The molecule has 0 aromatic heterocycles. The first-order valence-electron chi connectivity index (χ1n) is 6.93. The summed E-state index contributed by atoms with van der Waals surface area (Å²) in [6, 6.07) is 7.26. The van der Waals surface area contributed by atoms with Crippen molar-refractivity contribution in [2.24, 2.45) is 0 Å². The van der Waals surface area contributed by atoms with Crippen molar-refractivity contribution in [1.29, 1.82) is 0 Å². The predicted molar refractivity (Wildman–Crippen MR) is 90.6 cm³/mol. The van der Waals surface area contributed by atoms with Gasteiger partial charge >= 0.3 is 5.97 Å². The number of aromatic carboxylic acids is 1. The highest BCUT2D eigenvalue weighted by Crippen LogP contribution is 2.30. The van der Waals surface area contributed by atoms with Crippen LogP contribution in [0.2, 0.25) is 5.02 Å². The monoisotopic (exact) mass is 349 g/mol. The number of hydrogen-bond donors (Lipinski definition) is 2. The number of nitrogens with one attached hydrogen (secondary N) is 1. The van der Waals surface area contributed by atoms with Crippen LogP contribution in [-0.4, -0.2) is 31.2 Å². The number of carbonyl (C=O) groups excluding carboxylic acids is 1. The zero-order valence-electron chi connectivity index (χ0n) is 13.3. The molecule has 2 aromatic rings. The first-order chi connectivity index (χ1) is 11.3. The van der Waals surface area contributed by atoms with E-state index >= 15 is 0 Å². The number of halogens is 1. The van der Waals surface area contributed by atoms with Crippen LogP contribution >= 0.6 is 11.6 Å². The van der Waals surface area contributed by atoms with Gasteiger partial charge in [-0.25, -0.2) is 4.79 Å². The molecule has 6 nitrogen and oxygen atoms in total. The third-order valence-electron chi connectivity index (χ3n) is 3.42. The SMILES string of the molecule is COc1cc(C(=O)Nc2cc(Cl)cc(C(=O)O)c2)cc(OC)c1C. The largest absolute Gasteiger partial charge is 0.496 e. The van der Waals surface area contributed by atoms with Crippen LogP contribution in [0.3, 0.4) is 0 Å². The molecule has 0 saturated carbocycles. The van der Waals surface area contributed by atoms with Gasteiger partial charge in [0.2, 0.25) is 0 Å². The van der Waals surface area contributed by atoms with Gasteiger partial charge in [0.25, 0.3) is 5.91 Å². The molecule has 0 aliphatic rings. The van der Waals surface area contributed by atoms with E-state index in [9.17, 15) is 9.59 Å². The molecule has 2 rings (SSSR count). The van der Waals surface area contributed by atoms with Gasteiger partial charge in [0.1, 0.15) is 11.5 Å². The molecule has 0 fully saturated rings. The van der Waals surface area contributed by atoms with Crippen molar-refractivity contribution in [2.75, 3.05) is 19.5 Å². The number of benzene rings is 2. The lowest BCUT2D eigenvalue weighted by atomic mass is 10.1. The Morgan fingerprint density at radius 3 is 2.08 bits per heavy atom. The van der Waals surface area contributed by atoms with Gasteiger partial charge in [0, 0.05) is 21.8 Å². The van der Waals surface area contributed by atoms with E-state index in [1.807, 2.05) is 6.92 Å². The minimum absolute atomic E-state index is 0.0168. The van der Waals surface area contributed by atoms with Crippen molar-refractivity contribution in [3.05, 3.63) is 52.0 Å². The number of carboxylic acids is 1. The van der Waals surface area contributed by atoms with E-state index in [2.05, 4.69) is 5.32 Å². The van der Waals surface area contributed by atoms with Gasteiger partial charge in [-0.3, -0.25) is 4.79 Å². The Hall–Kier alpha value is -2.73. The summed E-state index contributed by atoms with van der Waals surface area (Å²) in [5, 5.41) is 11.9. The molecule has 2 aromatic carbocycles. The lowest BCUT2D eigenvalue weighted by Gasteiger charge is -2.13. The molecule has 0 radical (unpaired) electrons. The topological polar surface area (TPSA) is 84.9 Å². The van der Waals surface area contributed by atoms with E-state index in [1.165, 1.54) is 32.4 Å². The summed E-state index contributed by atoms with van der Waals surface area (Å²) < 4.78 is 10.5. The number of carbonyl (C=O) groups is 2. The molecule has 7 heteroatoms. The highest BCUT2D eigenvalue weighted by Gasteiger charge is 2.15. The summed E-state index contributed by atoms with van der Waals surface area (Å²) in [7, 11) is 3.00. The average molecular weight is 350 g/mol. The fourth-order valence-corrected chi connectivity index (χ4v) is 2.44. The molecular formula is C17H16ClNO5. The van der Waals surface area contributed by atoms with E-state index in [1.54, 1.807) is 12.1 Å². The maximum Gasteiger partial charge on any atom is 0.335 e. The standard InChI is InChI=1S/C17H16ClNO5/c1-9-14(23-2)6-10(7-15(9)24-3)16(20)19-13-5-11(17(21)22)4-12(18)8-13/h4-8H,1-3H3,(H,19,20)(H,21,22). The average Bonchev–Trinajstić information content (AvgIpc) is 2.54. The molecule has 0 aliphatic heterocycles. The fourth-order valence-electron chi connectivity index (χ4n) is 2.21. The molecule has 126 valence electrons. The fraction of sp³-hybridized carbons (Fsp3) is 0.176. The highest BCUT2D eigenvalue weighted by molar-refractivity contribution is 6.31. The Bertz CT molecular complexity index is 779. The Morgan fingerprint density at radius 1 is 1.00 bits per heavy atom. The van der Waals surface area contributed by atoms with E-state index < -0.39 is 11.9 Å². The molecule has 0 aliphatic carbocycles. The van der Waals surface area contributed by atoms with Crippen LogP contribution in [0.4, 0.5) is 5.69 Å².